The van der Waals surface area contributed by atoms with Gasteiger partial charge in [0, 0.05) is 6.54 Å². The van der Waals surface area contributed by atoms with E-state index in [9.17, 15) is 19.5 Å². The molecule has 0 aliphatic carbocycles. The molecule has 0 fully saturated rings. The summed E-state index contributed by atoms with van der Waals surface area (Å²) >= 11 is 6.38. The van der Waals surface area contributed by atoms with Gasteiger partial charge in [-0.1, -0.05) is 56.6 Å². The van der Waals surface area contributed by atoms with E-state index in [0.29, 0.717) is 29.1 Å². The van der Waals surface area contributed by atoms with Crippen molar-refractivity contribution in [1.29, 1.82) is 0 Å². The Kier molecular flexibility index (Phi) is 11.0. The lowest BCUT2D eigenvalue weighted by molar-refractivity contribution is -0.141. The van der Waals surface area contributed by atoms with Crippen LogP contribution in [0.25, 0.3) is 0 Å². The molecule has 38 heavy (non-hydrogen) atoms. The summed E-state index contributed by atoms with van der Waals surface area (Å²) in [6.07, 6.45) is 0.219. The second-order valence-corrected chi connectivity index (χ2v) is 11.2. The fourth-order valence-corrected chi connectivity index (χ4v) is 4.33. The SMILES string of the molecule is CCCN(C(=O)C(CC(C)C)NC(=O)OC(C)(C)C)C(C(=O)Nc1c(C)cccc1Cl)c1ccc(O)cc1. The van der Waals surface area contributed by atoms with E-state index in [-0.39, 0.29) is 18.2 Å². The predicted octanol–water partition coefficient (Wildman–Crippen LogP) is 6.21. The molecule has 208 valence electrons. The molecule has 0 bridgehead atoms. The quantitative estimate of drug-likeness (QED) is 0.329. The van der Waals surface area contributed by atoms with Crippen LogP contribution in [-0.2, 0) is 14.3 Å². The highest BCUT2D eigenvalue weighted by atomic mass is 35.5. The van der Waals surface area contributed by atoms with E-state index in [0.717, 1.165) is 5.56 Å². The third-order valence-electron chi connectivity index (χ3n) is 5.68. The molecule has 8 nitrogen and oxygen atoms in total. The number of carbonyl (C=O) groups excluding carboxylic acids is 3. The monoisotopic (exact) mass is 545 g/mol. The van der Waals surface area contributed by atoms with Gasteiger partial charge in [0.05, 0.1) is 10.7 Å². The number of carbonyl (C=O) groups is 3. The Morgan fingerprint density at radius 3 is 2.24 bits per heavy atom. The van der Waals surface area contributed by atoms with Crippen LogP contribution in [0.4, 0.5) is 10.5 Å². The molecular weight excluding hydrogens is 506 g/mol. The zero-order chi connectivity index (χ0) is 28.6. The van der Waals surface area contributed by atoms with E-state index in [1.165, 1.54) is 17.0 Å². The lowest BCUT2D eigenvalue weighted by atomic mass is 9.98. The molecule has 2 aromatic rings. The summed E-state index contributed by atoms with van der Waals surface area (Å²) in [7, 11) is 0. The van der Waals surface area contributed by atoms with Crippen LogP contribution >= 0.6 is 11.6 Å². The Morgan fingerprint density at radius 1 is 1.08 bits per heavy atom. The topological polar surface area (TPSA) is 108 Å². The minimum Gasteiger partial charge on any atom is -0.508 e. The summed E-state index contributed by atoms with van der Waals surface area (Å²) in [5.74, 6) is -0.758. The number of anilines is 1. The number of aryl methyl sites for hydroxylation is 1. The number of halogens is 1. The number of aromatic hydroxyl groups is 1. The van der Waals surface area contributed by atoms with Crippen LogP contribution in [0.15, 0.2) is 42.5 Å². The number of phenols is 1. The number of nitrogens with one attached hydrogen (secondary N) is 2. The molecule has 0 spiro atoms. The van der Waals surface area contributed by atoms with Crippen LogP contribution in [0.2, 0.25) is 5.02 Å². The second-order valence-electron chi connectivity index (χ2n) is 10.8. The maximum Gasteiger partial charge on any atom is 0.408 e. The molecule has 0 saturated heterocycles. The van der Waals surface area contributed by atoms with Gasteiger partial charge in [0.2, 0.25) is 5.91 Å². The highest BCUT2D eigenvalue weighted by Gasteiger charge is 2.36. The van der Waals surface area contributed by atoms with Gasteiger partial charge in [0.15, 0.2) is 0 Å². The first kappa shape index (κ1) is 31.0. The summed E-state index contributed by atoms with van der Waals surface area (Å²) in [4.78, 5) is 42.0. The number of para-hydroxylation sites is 1. The minimum atomic E-state index is -1.05. The van der Waals surface area contributed by atoms with E-state index in [4.69, 9.17) is 16.3 Å². The lowest BCUT2D eigenvalue weighted by Gasteiger charge is -2.35. The summed E-state index contributed by atoms with van der Waals surface area (Å²) in [6.45, 7) is 13.1. The molecule has 0 heterocycles. The van der Waals surface area contributed by atoms with Crippen LogP contribution in [0.3, 0.4) is 0 Å². The van der Waals surface area contributed by atoms with Crippen molar-refractivity contribution in [3.8, 4) is 5.75 Å². The second kappa shape index (κ2) is 13.5. The molecule has 3 amide bonds. The number of amides is 3. The Morgan fingerprint density at radius 2 is 1.71 bits per heavy atom. The van der Waals surface area contributed by atoms with Crippen molar-refractivity contribution >= 4 is 35.2 Å². The Balaban J connectivity index is 2.52. The van der Waals surface area contributed by atoms with Gasteiger partial charge < -0.3 is 25.4 Å². The van der Waals surface area contributed by atoms with Crippen LogP contribution in [-0.4, -0.2) is 46.1 Å². The molecule has 9 heteroatoms. The van der Waals surface area contributed by atoms with Crippen LogP contribution in [0.1, 0.15) is 71.6 Å². The fourth-order valence-electron chi connectivity index (χ4n) is 4.06. The van der Waals surface area contributed by atoms with Gasteiger partial charge in [0.25, 0.3) is 5.91 Å². The smallest absolute Gasteiger partial charge is 0.408 e. The number of rotatable bonds is 10. The number of benzene rings is 2. The first-order chi connectivity index (χ1) is 17.7. The van der Waals surface area contributed by atoms with Crippen molar-refractivity contribution in [2.24, 2.45) is 5.92 Å². The van der Waals surface area contributed by atoms with Gasteiger partial charge >= 0.3 is 6.09 Å². The first-order valence-electron chi connectivity index (χ1n) is 12.9. The number of nitrogens with zero attached hydrogens (tertiary/aromatic N) is 1. The Bertz CT molecular complexity index is 1090. The standard InChI is InChI=1S/C29H40ClN3O5/c1-8-16-33(27(36)23(17-18(2)3)31-28(37)38-29(5,6)7)25(20-12-14-21(34)15-13-20)26(35)32-24-19(4)10-9-11-22(24)30/h9-15,18,23,25,34H,8,16-17H2,1-7H3,(H,31,37)(H,32,35). The van der Waals surface area contributed by atoms with Crippen molar-refractivity contribution in [3.05, 3.63) is 58.6 Å². The van der Waals surface area contributed by atoms with Gasteiger partial charge in [-0.2, -0.15) is 0 Å². The van der Waals surface area contributed by atoms with Crippen molar-refractivity contribution in [2.45, 2.75) is 79.0 Å². The van der Waals surface area contributed by atoms with Gasteiger partial charge in [-0.25, -0.2) is 4.79 Å². The fraction of sp³-hybridized carbons (Fsp3) is 0.483. The van der Waals surface area contributed by atoms with E-state index in [1.807, 2.05) is 33.8 Å². The third kappa shape index (κ3) is 8.94. The number of hydrogen-bond acceptors (Lipinski definition) is 5. The van der Waals surface area contributed by atoms with Crippen LogP contribution in [0, 0.1) is 12.8 Å². The van der Waals surface area contributed by atoms with Crippen molar-refractivity contribution in [2.75, 3.05) is 11.9 Å². The van der Waals surface area contributed by atoms with Crippen molar-refractivity contribution < 1.29 is 24.2 Å². The number of alkyl carbamates (subject to hydrolysis) is 1. The number of hydrogen-bond donors (Lipinski definition) is 3. The molecule has 3 N–H and O–H groups in total. The molecule has 2 unspecified atom stereocenters. The average molecular weight is 546 g/mol. The lowest BCUT2D eigenvalue weighted by Crippen LogP contribution is -2.53. The molecule has 2 atom stereocenters. The summed E-state index contributed by atoms with van der Waals surface area (Å²) in [6, 6.07) is 9.48. The Labute approximate surface area is 230 Å². The highest BCUT2D eigenvalue weighted by molar-refractivity contribution is 6.34. The molecule has 2 rings (SSSR count). The minimum absolute atomic E-state index is 0.0347. The molecule has 0 saturated carbocycles. The molecular formula is C29H40ClN3O5. The molecule has 0 aliphatic heterocycles. The van der Waals surface area contributed by atoms with Crippen molar-refractivity contribution in [1.82, 2.24) is 10.2 Å². The van der Waals surface area contributed by atoms with E-state index in [2.05, 4.69) is 10.6 Å². The van der Waals surface area contributed by atoms with Gasteiger partial charge in [-0.05, 0) is 75.8 Å². The summed E-state index contributed by atoms with van der Waals surface area (Å²) in [5, 5.41) is 15.8. The van der Waals surface area contributed by atoms with Gasteiger partial charge in [0.1, 0.15) is 23.4 Å². The zero-order valence-electron chi connectivity index (χ0n) is 23.3. The molecule has 0 aromatic heterocycles. The normalized spacial score (nSPS) is 13.0. The van der Waals surface area contributed by atoms with Crippen LogP contribution < -0.4 is 10.6 Å². The third-order valence-corrected chi connectivity index (χ3v) is 6.00. The van der Waals surface area contributed by atoms with E-state index < -0.39 is 35.6 Å². The summed E-state index contributed by atoms with van der Waals surface area (Å²) < 4.78 is 5.41. The summed E-state index contributed by atoms with van der Waals surface area (Å²) in [5.41, 5.74) is 0.998. The molecule has 0 radical (unpaired) electrons. The maximum absolute atomic E-state index is 14.0. The van der Waals surface area contributed by atoms with Gasteiger partial charge in [-0.15, -0.1) is 0 Å². The number of phenolic OH excluding ortho intramolecular Hbond substituents is 1. The van der Waals surface area contributed by atoms with Gasteiger partial charge in [-0.3, -0.25) is 9.59 Å². The molecule has 0 aliphatic rings. The van der Waals surface area contributed by atoms with Crippen molar-refractivity contribution in [3.63, 3.8) is 0 Å². The Hall–Kier alpha value is -3.26. The average Bonchev–Trinajstić information content (AvgIpc) is 2.80. The molecule has 2 aromatic carbocycles. The largest absolute Gasteiger partial charge is 0.508 e. The predicted molar refractivity (Wildman–Crippen MR) is 150 cm³/mol. The highest BCUT2D eigenvalue weighted by Crippen LogP contribution is 2.30. The number of ether oxygens (including phenoxy) is 1. The zero-order valence-corrected chi connectivity index (χ0v) is 24.1. The first-order valence-corrected chi connectivity index (χ1v) is 13.3. The van der Waals surface area contributed by atoms with E-state index in [1.54, 1.807) is 45.0 Å². The maximum atomic E-state index is 14.0. The van der Waals surface area contributed by atoms with E-state index >= 15 is 0 Å². The van der Waals surface area contributed by atoms with Crippen LogP contribution in [0.5, 0.6) is 5.75 Å².